The fourth-order valence-electron chi connectivity index (χ4n) is 13.7. The second-order valence-electron chi connectivity index (χ2n) is 29.2. The Hall–Kier alpha value is -10.1. The summed E-state index contributed by atoms with van der Waals surface area (Å²) < 4.78 is 0. The van der Waals surface area contributed by atoms with E-state index in [4.69, 9.17) is 11.6 Å². The number of hydrogen-bond acceptors (Lipinski definition) is 16. The minimum absolute atomic E-state index is 0.00100. The molecule has 0 radical (unpaired) electrons. The molecule has 8 amide bonds. The first-order chi connectivity index (χ1) is 53.7. The van der Waals surface area contributed by atoms with Gasteiger partial charge in [-0.05, 0) is 174 Å². The Kier molecular flexibility index (Phi) is 38.8. The van der Waals surface area contributed by atoms with Gasteiger partial charge in [0.25, 0.3) is 0 Å². The van der Waals surface area contributed by atoms with Gasteiger partial charge in [-0.1, -0.05) is 124 Å². The summed E-state index contributed by atoms with van der Waals surface area (Å²) in [5, 5.41) is 59.3. The monoisotopic (exact) mass is 1570 g/mol. The molecule has 5 aromatic rings. The van der Waals surface area contributed by atoms with E-state index in [0.717, 1.165) is 34.9 Å². The zero-order valence-electron chi connectivity index (χ0n) is 66.0. The van der Waals surface area contributed by atoms with E-state index in [-0.39, 0.29) is 76.0 Å². The summed E-state index contributed by atoms with van der Waals surface area (Å²) in [6, 6.07) is 19.2. The third-order valence-electron chi connectivity index (χ3n) is 19.5. The highest BCUT2D eigenvalue weighted by Crippen LogP contribution is 2.25. The number of carboxylic acids is 1. The van der Waals surface area contributed by atoms with Crippen LogP contribution in [0.3, 0.4) is 0 Å². The number of Topliss-reactive ketones (excluding diaryl/α,β-unsaturated/α-hetero) is 2. The third kappa shape index (κ3) is 30.8. The first-order valence-electron chi connectivity index (χ1n) is 39.4. The Labute approximate surface area is 662 Å². The molecule has 28 heteroatoms. The van der Waals surface area contributed by atoms with Gasteiger partial charge in [-0.25, -0.2) is 0 Å². The Bertz CT molecular complexity index is 3970. The summed E-state index contributed by atoms with van der Waals surface area (Å²) >= 11 is 6.29. The molecule has 0 spiro atoms. The van der Waals surface area contributed by atoms with E-state index < -0.39 is 138 Å². The second kappa shape index (κ2) is 47.9. The molecule has 0 unspecified atom stereocenters. The van der Waals surface area contributed by atoms with Crippen molar-refractivity contribution in [1.82, 2.24) is 57.7 Å². The molecule has 1 aromatic heterocycles. The zero-order chi connectivity index (χ0) is 81.7. The summed E-state index contributed by atoms with van der Waals surface area (Å²) in [5.41, 5.74) is 3.43. The lowest BCUT2D eigenvalue weighted by Crippen LogP contribution is -2.59. The number of phenols is 1. The number of ketones is 2. The minimum Gasteiger partial charge on any atom is -0.508 e. The quantitative estimate of drug-likeness (QED) is 0.0102. The molecule has 12 N–H and O–H groups in total. The minimum atomic E-state index is -1.54. The van der Waals surface area contributed by atoms with Crippen molar-refractivity contribution in [3.63, 3.8) is 0 Å². The van der Waals surface area contributed by atoms with Crippen LogP contribution in [0.4, 0.5) is 0 Å². The average Bonchev–Trinajstić information content (AvgIpc) is 1.81. The van der Waals surface area contributed by atoms with E-state index in [1.807, 2.05) is 77.1 Å². The number of carbonyl (C=O) groups excluding carboxylic acids is 10. The van der Waals surface area contributed by atoms with Crippen LogP contribution in [-0.4, -0.2) is 189 Å². The zero-order valence-corrected chi connectivity index (χ0v) is 66.8. The van der Waals surface area contributed by atoms with Crippen molar-refractivity contribution >= 4 is 98.8 Å². The maximum atomic E-state index is 15.2. The molecular formula is C84H116ClN13O14. The number of guanidine groups is 1. The number of phenolic OH excluding ortho intramolecular Hbond substituents is 1. The van der Waals surface area contributed by atoms with Crippen molar-refractivity contribution in [3.8, 4) is 5.75 Å². The van der Waals surface area contributed by atoms with Crippen LogP contribution in [0, 0.1) is 17.8 Å². The van der Waals surface area contributed by atoms with Crippen molar-refractivity contribution in [3.05, 3.63) is 143 Å². The lowest BCUT2D eigenvalue weighted by Gasteiger charge is -2.31. The molecule has 1 aliphatic rings. The normalized spacial score (nSPS) is 15.2. The second-order valence-corrected chi connectivity index (χ2v) is 29.6. The van der Waals surface area contributed by atoms with Crippen LogP contribution in [0.15, 0.2) is 126 Å². The van der Waals surface area contributed by atoms with Crippen LogP contribution in [0.5, 0.6) is 5.75 Å². The van der Waals surface area contributed by atoms with Crippen molar-refractivity contribution in [2.75, 3.05) is 39.3 Å². The number of carboxylic acid groups (broad SMARTS) is 1. The standard InChI is InChI=1S/C84H116ClN13O14/c1-9-22-65(87-10-2)26-14-13-15-27-67(78(106)97-71(43-53(5)6)79(107)94-68(28-18-19-41-90-84(88-11-3)89-12-4)82(110)98-42-21-29-73(98)81(109)91-54(7)83(111)112)93-80(108)72(46-57-33-38-66(101)39-34-57)96-77(105)63(52-99)50-75(103)70(48-59-23-20-40-86-51-59)95-76(104)62(44-56-31-36-64(85)37-32-56)49-74(102)69(92-55(8)100)47-58-30-35-60-24-16-17-25-61(60)45-58/h16-17,20,23-25,30-40,45,51,53-54,62-63,67-73,99,101H,9-15,18-19,21-22,26-29,41-44,46-50,52H2,1-8H3,(H,91,109)(H,92,100)(H,93,108)(H,94,107)(H,95,104)(H,96,105)(H,97,106)(H,111,112)(H2,88,89,90)/t54-,62+,63+,67-,68+,69-,70-,71+,72+,73+/m1/s1. The van der Waals surface area contributed by atoms with E-state index in [0.29, 0.717) is 98.8 Å². The number of aromatic nitrogens is 1. The Balaban J connectivity index is 1.29. The molecule has 1 fully saturated rings. The van der Waals surface area contributed by atoms with Crippen molar-refractivity contribution in [2.24, 2.45) is 27.7 Å². The van der Waals surface area contributed by atoms with Gasteiger partial charge in [0.05, 0.1) is 24.6 Å². The molecule has 0 saturated carbocycles. The van der Waals surface area contributed by atoms with E-state index in [1.165, 1.54) is 55.4 Å². The van der Waals surface area contributed by atoms with Crippen molar-refractivity contribution in [1.29, 1.82) is 0 Å². The largest absolute Gasteiger partial charge is 0.508 e. The number of aliphatic hydroxyl groups excluding tert-OH is 1. The molecule has 6 rings (SSSR count). The van der Waals surface area contributed by atoms with Gasteiger partial charge in [0.2, 0.25) is 47.3 Å². The van der Waals surface area contributed by atoms with Crippen LogP contribution in [-0.2, 0) is 78.4 Å². The topological polar surface area (TPSA) is 398 Å². The number of nitrogens with zero attached hydrogens (tertiary/aromatic N) is 4. The number of aliphatic carboxylic acids is 1. The van der Waals surface area contributed by atoms with Gasteiger partial charge in [-0.2, -0.15) is 0 Å². The van der Waals surface area contributed by atoms with Crippen molar-refractivity contribution in [2.45, 2.75) is 226 Å². The van der Waals surface area contributed by atoms with Crippen LogP contribution < -0.4 is 47.9 Å². The average molecular weight is 1570 g/mol. The number of halogens is 1. The number of aliphatic hydroxyl groups is 1. The summed E-state index contributed by atoms with van der Waals surface area (Å²) in [6.07, 6.45) is 7.62. The van der Waals surface area contributed by atoms with E-state index in [2.05, 4.69) is 69.7 Å². The predicted octanol–water partition coefficient (Wildman–Crippen LogP) is 7.52. The number of unbranched alkanes of at least 4 members (excludes halogenated alkanes) is 3. The van der Waals surface area contributed by atoms with E-state index in [9.17, 15) is 48.9 Å². The van der Waals surface area contributed by atoms with Crippen molar-refractivity contribution < 1.29 is 68.1 Å². The van der Waals surface area contributed by atoms with Crippen LogP contribution in [0.1, 0.15) is 174 Å². The van der Waals surface area contributed by atoms with Gasteiger partial charge in [0.1, 0.15) is 42.0 Å². The molecule has 608 valence electrons. The number of pyridine rings is 1. The fourth-order valence-corrected chi connectivity index (χ4v) is 13.8. The van der Waals surface area contributed by atoms with Gasteiger partial charge in [0, 0.05) is 94.4 Å². The third-order valence-corrected chi connectivity index (χ3v) is 19.8. The number of aliphatic imine (C=N–C) groups is 2. The maximum absolute atomic E-state index is 15.2. The molecule has 0 aliphatic carbocycles. The number of likely N-dealkylation sites (tertiary alicyclic amines) is 1. The van der Waals surface area contributed by atoms with Gasteiger partial charge in [-0.15, -0.1) is 0 Å². The van der Waals surface area contributed by atoms with Crippen LogP contribution >= 0.6 is 11.6 Å². The number of aromatic hydroxyl groups is 1. The number of nitrogens with one attached hydrogen (secondary N) is 9. The molecule has 27 nitrogen and oxygen atoms in total. The first-order valence-corrected chi connectivity index (χ1v) is 39.8. The molecule has 10 atom stereocenters. The maximum Gasteiger partial charge on any atom is 0.325 e. The Morgan fingerprint density at radius 3 is 1.79 bits per heavy atom. The molecule has 0 bridgehead atoms. The summed E-state index contributed by atoms with van der Waals surface area (Å²) in [6.45, 7) is 15.7. The van der Waals surface area contributed by atoms with E-state index in [1.54, 1.807) is 36.4 Å². The highest BCUT2D eigenvalue weighted by atomic mass is 35.5. The van der Waals surface area contributed by atoms with Gasteiger partial charge in [0.15, 0.2) is 17.5 Å². The summed E-state index contributed by atoms with van der Waals surface area (Å²) in [5.74, 6) is -10.5. The lowest BCUT2D eigenvalue weighted by atomic mass is 9.88. The molecule has 2 heterocycles. The fraction of sp³-hybridized carbons (Fsp3) is 0.524. The lowest BCUT2D eigenvalue weighted by molar-refractivity contribution is -0.144. The summed E-state index contributed by atoms with van der Waals surface area (Å²) in [4.78, 5) is 173. The van der Waals surface area contributed by atoms with Crippen LogP contribution in [0.25, 0.3) is 10.8 Å². The molecular weight excluding hydrogens is 1450 g/mol. The number of fused-ring (bicyclic) bond motifs is 1. The summed E-state index contributed by atoms with van der Waals surface area (Å²) in [7, 11) is 0. The van der Waals surface area contributed by atoms with Gasteiger partial charge in [-0.3, -0.25) is 67.7 Å². The molecule has 1 aliphatic heterocycles. The number of rotatable bonds is 48. The van der Waals surface area contributed by atoms with Gasteiger partial charge < -0.3 is 68.1 Å². The highest BCUT2D eigenvalue weighted by molar-refractivity contribution is 6.30. The Morgan fingerprint density at radius 1 is 0.571 bits per heavy atom. The molecule has 112 heavy (non-hydrogen) atoms. The van der Waals surface area contributed by atoms with Crippen LogP contribution in [0.2, 0.25) is 5.02 Å². The predicted molar refractivity (Wildman–Crippen MR) is 432 cm³/mol. The van der Waals surface area contributed by atoms with Gasteiger partial charge >= 0.3 is 5.97 Å². The number of hydrogen-bond donors (Lipinski definition) is 12. The number of carbonyl (C=O) groups is 11. The molecule has 4 aromatic carbocycles. The molecule has 1 saturated heterocycles. The highest BCUT2D eigenvalue weighted by Gasteiger charge is 2.41. The number of amides is 8. The smallest absolute Gasteiger partial charge is 0.325 e. The Morgan fingerprint density at radius 2 is 1.14 bits per heavy atom. The first kappa shape index (κ1) is 90.7. The van der Waals surface area contributed by atoms with E-state index >= 15 is 19.2 Å². The number of benzene rings is 4. The SMILES string of the molecule is CCCC(CCCCC[C@@H](NC(=O)[C@H](Cc1ccc(O)cc1)NC(=O)[C@H](CO)CC(=O)[C@@H](Cc1cccnc1)NC(=O)[C@H](CC(=O)[C@@H](Cc1ccc2ccccc2c1)NC(C)=O)Cc1ccc(Cl)cc1)C(=O)N[C@@H](CC(C)C)C(=O)N[C@@H](CCCCN=C(NCC)NCC)C(=O)N1CCC[C@H]1C(=O)N[C@H](C)C(=O)O)=NCC.